The molecule has 0 aromatic rings. The molecule has 0 spiro atoms. The molecule has 0 aromatic heterocycles. The number of hydrogen-bond acceptors (Lipinski definition) is 2. The van der Waals surface area contributed by atoms with E-state index in [1.165, 1.54) is 0 Å². The van der Waals surface area contributed by atoms with E-state index >= 15 is 0 Å². The van der Waals surface area contributed by atoms with Crippen molar-refractivity contribution in [3.8, 4) is 6.07 Å². The monoisotopic (exact) mass is 153 g/mol. The molecule has 0 saturated carbocycles. The quantitative estimate of drug-likeness (QED) is 0.618. The molecule has 0 aliphatic heterocycles. The van der Waals surface area contributed by atoms with Gasteiger partial charge in [-0.15, -0.1) is 0 Å². The van der Waals surface area contributed by atoms with Crippen molar-refractivity contribution in [3.63, 3.8) is 0 Å². The van der Waals surface area contributed by atoms with Crippen molar-refractivity contribution in [2.45, 2.75) is 45.8 Å². The smallest absolute Gasteiger partial charge is 0.0983 e. The normalized spacial score (nSPS) is 14.1. The van der Waals surface area contributed by atoms with Gasteiger partial charge in [-0.2, -0.15) is 5.26 Å². The minimum atomic E-state index is -0.227. The van der Waals surface area contributed by atoms with Crippen LogP contribution in [0.25, 0.3) is 0 Å². The molecule has 0 rings (SSSR count). The number of nitrogens with zero attached hydrogens (tertiary/aromatic N) is 2. The van der Waals surface area contributed by atoms with Crippen LogP contribution in [0.2, 0.25) is 0 Å². The van der Waals surface area contributed by atoms with E-state index in [-0.39, 0.29) is 6.04 Å². The molecule has 0 amide bonds. The van der Waals surface area contributed by atoms with Crippen molar-refractivity contribution in [1.82, 2.24) is 4.90 Å². The number of nitriles is 1. The van der Waals surface area contributed by atoms with Gasteiger partial charge in [0.2, 0.25) is 0 Å². The Balaban J connectivity index is 4.24. The van der Waals surface area contributed by atoms with E-state index in [9.17, 15) is 0 Å². The van der Waals surface area contributed by atoms with Gasteiger partial charge in [-0.05, 0) is 34.6 Å². The number of rotatable bonds is 3. The molecule has 11 heavy (non-hydrogen) atoms. The van der Waals surface area contributed by atoms with E-state index in [0.717, 1.165) is 0 Å². The first-order valence-electron chi connectivity index (χ1n) is 4.00. The van der Waals surface area contributed by atoms with Gasteiger partial charge in [-0.1, -0.05) is 0 Å². The highest BCUT2D eigenvalue weighted by Crippen LogP contribution is 2.08. The lowest BCUT2D eigenvalue weighted by molar-refractivity contribution is 0.163. The van der Waals surface area contributed by atoms with Crippen molar-refractivity contribution in [2.24, 2.45) is 0 Å². The Morgan fingerprint density at radius 2 is 1.55 bits per heavy atom. The lowest BCUT2D eigenvalue weighted by Gasteiger charge is -2.32. The summed E-state index contributed by atoms with van der Waals surface area (Å²) in [6, 6.07) is 2.69. The molecule has 1 atom stereocenters. The predicted molar refractivity (Wildman–Crippen MR) is 46.9 cm³/mol. The molecule has 0 aliphatic carbocycles. The van der Waals surface area contributed by atoms with E-state index in [0.29, 0.717) is 12.1 Å². The van der Waals surface area contributed by atoms with Crippen LogP contribution in [-0.4, -0.2) is 23.0 Å². The summed E-state index contributed by atoms with van der Waals surface area (Å²) in [4.78, 5) is 2.08. The van der Waals surface area contributed by atoms with Gasteiger partial charge in [0.25, 0.3) is 0 Å². The second-order valence-electron chi connectivity index (χ2n) is 3.28. The van der Waals surface area contributed by atoms with E-state index in [4.69, 9.17) is 5.26 Å². The minimum absolute atomic E-state index is 0.227. The zero-order chi connectivity index (χ0) is 9.02. The van der Waals surface area contributed by atoms with Crippen LogP contribution >= 0.6 is 0 Å². The van der Waals surface area contributed by atoms with Gasteiger partial charge in [0.15, 0.2) is 0 Å². The highest BCUT2D eigenvalue weighted by atomic mass is 15.2. The molecule has 0 bridgehead atoms. The second kappa shape index (κ2) is 4.35. The lowest BCUT2D eigenvalue weighted by Crippen LogP contribution is -2.42. The van der Waals surface area contributed by atoms with Crippen LogP contribution in [0.3, 0.4) is 0 Å². The van der Waals surface area contributed by atoms with Gasteiger partial charge in [0, 0.05) is 12.1 Å². The van der Waals surface area contributed by atoms with E-state index in [2.05, 4.69) is 45.6 Å². The summed E-state index contributed by atoms with van der Waals surface area (Å²) in [5.74, 6) is 0. The number of hydrogen-bond donors (Lipinski definition) is 0. The highest BCUT2D eigenvalue weighted by Gasteiger charge is 2.18. The molecule has 2 heteroatoms. The summed E-state index contributed by atoms with van der Waals surface area (Å²) in [6.45, 7) is 12.1. The van der Waals surface area contributed by atoms with Gasteiger partial charge in [-0.3, -0.25) is 4.90 Å². The Labute approximate surface area is 69.8 Å². The topological polar surface area (TPSA) is 27.0 Å². The van der Waals surface area contributed by atoms with Crippen LogP contribution in [0.15, 0.2) is 0 Å². The predicted octanol–water partition coefficient (Wildman–Crippen LogP) is 1.83. The van der Waals surface area contributed by atoms with Crippen LogP contribution in [0.1, 0.15) is 27.7 Å². The molecular formula is C9H17N2. The van der Waals surface area contributed by atoms with Gasteiger partial charge in [0.05, 0.1) is 12.1 Å². The summed E-state index contributed by atoms with van der Waals surface area (Å²) in [6.07, 6.45) is 0. The molecule has 63 valence electrons. The van der Waals surface area contributed by atoms with E-state index < -0.39 is 0 Å². The van der Waals surface area contributed by atoms with Gasteiger partial charge >= 0.3 is 0 Å². The van der Waals surface area contributed by atoms with Crippen molar-refractivity contribution >= 4 is 0 Å². The Morgan fingerprint density at radius 1 is 1.18 bits per heavy atom. The SMILES string of the molecule is [CH2]C(C#N)N(C(C)C)C(C)C. The fraction of sp³-hybridized carbons (Fsp3) is 0.778. The molecule has 0 heterocycles. The van der Waals surface area contributed by atoms with Crippen LogP contribution in [0.4, 0.5) is 0 Å². The average molecular weight is 153 g/mol. The summed E-state index contributed by atoms with van der Waals surface area (Å²) < 4.78 is 0. The van der Waals surface area contributed by atoms with Gasteiger partial charge < -0.3 is 0 Å². The zero-order valence-electron chi connectivity index (χ0n) is 7.83. The second-order valence-corrected chi connectivity index (χ2v) is 3.28. The Hall–Kier alpha value is -0.550. The first-order chi connectivity index (χ1) is 5.00. The minimum Gasteiger partial charge on any atom is -0.283 e. The summed E-state index contributed by atoms with van der Waals surface area (Å²) in [5.41, 5.74) is 0. The Morgan fingerprint density at radius 3 is 1.64 bits per heavy atom. The fourth-order valence-electron chi connectivity index (χ4n) is 1.38. The highest BCUT2D eigenvalue weighted by molar-refractivity contribution is 4.96. The van der Waals surface area contributed by atoms with Crippen LogP contribution in [0, 0.1) is 18.3 Å². The Bertz CT molecular complexity index is 136. The molecule has 0 fully saturated rings. The molecule has 0 saturated heterocycles. The molecule has 1 unspecified atom stereocenters. The summed E-state index contributed by atoms with van der Waals surface area (Å²) in [7, 11) is 0. The first kappa shape index (κ1) is 10.4. The van der Waals surface area contributed by atoms with Crippen molar-refractivity contribution < 1.29 is 0 Å². The maximum absolute atomic E-state index is 8.65. The van der Waals surface area contributed by atoms with Gasteiger partial charge in [-0.25, -0.2) is 0 Å². The largest absolute Gasteiger partial charge is 0.283 e. The molecule has 0 N–H and O–H groups in total. The first-order valence-corrected chi connectivity index (χ1v) is 4.00. The third kappa shape index (κ3) is 2.90. The van der Waals surface area contributed by atoms with E-state index in [1.807, 2.05) is 0 Å². The zero-order valence-corrected chi connectivity index (χ0v) is 7.83. The van der Waals surface area contributed by atoms with Crippen LogP contribution < -0.4 is 0 Å². The summed E-state index contributed by atoms with van der Waals surface area (Å²) >= 11 is 0. The molecular weight excluding hydrogens is 136 g/mol. The van der Waals surface area contributed by atoms with Crippen molar-refractivity contribution in [1.29, 1.82) is 5.26 Å². The molecule has 2 nitrogen and oxygen atoms in total. The third-order valence-electron chi connectivity index (χ3n) is 1.70. The molecule has 0 aromatic carbocycles. The van der Waals surface area contributed by atoms with Crippen molar-refractivity contribution in [3.05, 3.63) is 6.92 Å². The maximum Gasteiger partial charge on any atom is 0.0983 e. The third-order valence-corrected chi connectivity index (χ3v) is 1.70. The van der Waals surface area contributed by atoms with Gasteiger partial charge in [0.1, 0.15) is 0 Å². The Kier molecular flexibility index (Phi) is 4.14. The summed E-state index contributed by atoms with van der Waals surface area (Å²) in [5, 5.41) is 8.65. The maximum atomic E-state index is 8.65. The fourth-order valence-corrected chi connectivity index (χ4v) is 1.38. The van der Waals surface area contributed by atoms with Crippen LogP contribution in [-0.2, 0) is 0 Å². The average Bonchev–Trinajstić information content (AvgIpc) is 1.85. The van der Waals surface area contributed by atoms with Crippen molar-refractivity contribution in [2.75, 3.05) is 0 Å². The molecule has 1 radical (unpaired) electrons. The standard InChI is InChI=1S/C9H17N2/c1-7(2)11(8(3)4)9(5)6-10/h7-9H,5H2,1-4H3. The molecule has 0 aliphatic rings. The van der Waals surface area contributed by atoms with Crippen LogP contribution in [0.5, 0.6) is 0 Å². The van der Waals surface area contributed by atoms with E-state index in [1.54, 1.807) is 0 Å². The lowest BCUT2D eigenvalue weighted by atomic mass is 10.2.